The molecule has 3 aromatic carbocycles. The molecule has 0 aliphatic rings. The molecular formula is C24H20Br2N2O2. The van der Waals surface area contributed by atoms with Gasteiger partial charge in [0.15, 0.2) is 0 Å². The molecule has 3 aromatic rings. The molecule has 1 N–H and O–H groups in total. The zero-order valence-electron chi connectivity index (χ0n) is 16.6. The number of ether oxygens (including phenoxy) is 1. The average Bonchev–Trinajstić information content (AvgIpc) is 2.70. The van der Waals surface area contributed by atoms with Crippen LogP contribution in [-0.4, -0.2) is 11.9 Å². The quantitative estimate of drug-likeness (QED) is 0.299. The van der Waals surface area contributed by atoms with Gasteiger partial charge in [-0.15, -0.1) is 0 Å². The maximum atomic E-state index is 12.1. The van der Waals surface area contributed by atoms with Gasteiger partial charge < -0.3 is 10.1 Å². The second kappa shape index (κ2) is 9.92. The molecule has 0 radical (unpaired) electrons. The smallest absolute Gasteiger partial charge is 0.262 e. The van der Waals surface area contributed by atoms with Gasteiger partial charge in [-0.2, -0.15) is 5.26 Å². The summed E-state index contributed by atoms with van der Waals surface area (Å²) in [6.07, 6.45) is 1.56. The number of carbonyl (C=O) groups is 1. The van der Waals surface area contributed by atoms with Crippen molar-refractivity contribution in [2.75, 3.05) is 0 Å². The lowest BCUT2D eigenvalue weighted by Gasteiger charge is -2.12. The van der Waals surface area contributed by atoms with Crippen LogP contribution >= 0.6 is 31.9 Å². The van der Waals surface area contributed by atoms with E-state index in [2.05, 4.69) is 61.4 Å². The number of halogens is 2. The zero-order chi connectivity index (χ0) is 21.7. The van der Waals surface area contributed by atoms with Crippen molar-refractivity contribution in [1.82, 2.24) is 5.32 Å². The first kappa shape index (κ1) is 22.1. The molecule has 4 nitrogen and oxygen atoms in total. The molecule has 0 saturated heterocycles. The van der Waals surface area contributed by atoms with Gasteiger partial charge in [-0.1, -0.05) is 36.4 Å². The Kier molecular flexibility index (Phi) is 7.30. The molecule has 3 rings (SSSR count). The van der Waals surface area contributed by atoms with Crippen LogP contribution < -0.4 is 10.1 Å². The summed E-state index contributed by atoms with van der Waals surface area (Å²) < 4.78 is 7.48. The summed E-state index contributed by atoms with van der Waals surface area (Å²) in [4.78, 5) is 12.1. The van der Waals surface area contributed by atoms with Crippen molar-refractivity contribution in [3.05, 3.63) is 80.2 Å². The molecule has 0 fully saturated rings. The van der Waals surface area contributed by atoms with E-state index in [1.807, 2.05) is 50.2 Å². The maximum absolute atomic E-state index is 12.1. The number of amides is 1. The monoisotopic (exact) mass is 526 g/mol. The summed E-state index contributed by atoms with van der Waals surface area (Å²) in [5.41, 5.74) is 1.82. The first-order valence-corrected chi connectivity index (χ1v) is 11.0. The zero-order valence-corrected chi connectivity index (χ0v) is 19.7. The highest BCUT2D eigenvalue weighted by atomic mass is 79.9. The minimum atomic E-state index is -0.392. The van der Waals surface area contributed by atoms with E-state index >= 15 is 0 Å². The molecule has 0 spiro atoms. The van der Waals surface area contributed by atoms with E-state index in [-0.39, 0.29) is 11.6 Å². The van der Waals surface area contributed by atoms with E-state index in [1.54, 1.807) is 6.08 Å². The molecule has 0 aromatic heterocycles. The Morgan fingerprint density at radius 1 is 1.10 bits per heavy atom. The van der Waals surface area contributed by atoms with Crippen molar-refractivity contribution in [2.45, 2.75) is 26.5 Å². The van der Waals surface area contributed by atoms with Crippen molar-refractivity contribution < 1.29 is 9.53 Å². The second-order valence-electron chi connectivity index (χ2n) is 7.08. The average molecular weight is 528 g/mol. The summed E-state index contributed by atoms with van der Waals surface area (Å²) in [7, 11) is 0. The van der Waals surface area contributed by atoms with E-state index in [0.29, 0.717) is 17.9 Å². The number of fused-ring (bicyclic) bond motifs is 1. The molecule has 152 valence electrons. The molecule has 0 heterocycles. The van der Waals surface area contributed by atoms with Crippen molar-refractivity contribution in [1.29, 1.82) is 5.26 Å². The number of rotatable bonds is 6. The highest BCUT2D eigenvalue weighted by Gasteiger charge is 2.13. The summed E-state index contributed by atoms with van der Waals surface area (Å²) >= 11 is 7.07. The van der Waals surface area contributed by atoms with Crippen LogP contribution in [0.3, 0.4) is 0 Å². The predicted molar refractivity (Wildman–Crippen MR) is 127 cm³/mol. The lowest BCUT2D eigenvalue weighted by Crippen LogP contribution is -2.30. The third-order valence-electron chi connectivity index (χ3n) is 4.31. The van der Waals surface area contributed by atoms with E-state index in [1.165, 1.54) is 10.8 Å². The number of benzene rings is 3. The van der Waals surface area contributed by atoms with Crippen molar-refractivity contribution in [2.24, 2.45) is 0 Å². The molecule has 6 heteroatoms. The van der Waals surface area contributed by atoms with Crippen molar-refractivity contribution in [3.8, 4) is 11.8 Å². The maximum Gasteiger partial charge on any atom is 0.262 e. The van der Waals surface area contributed by atoms with Gasteiger partial charge in [0, 0.05) is 6.04 Å². The normalized spacial score (nSPS) is 11.4. The third-order valence-corrected chi connectivity index (χ3v) is 5.49. The molecule has 0 aliphatic carbocycles. The lowest BCUT2D eigenvalue weighted by molar-refractivity contribution is -0.117. The highest BCUT2D eigenvalue weighted by molar-refractivity contribution is 9.11. The van der Waals surface area contributed by atoms with Gasteiger partial charge in [0.05, 0.1) is 8.95 Å². The Hall–Kier alpha value is -2.62. The van der Waals surface area contributed by atoms with Crippen LogP contribution in [0.1, 0.15) is 25.0 Å². The molecule has 0 bridgehead atoms. The molecule has 0 aliphatic heterocycles. The van der Waals surface area contributed by atoms with E-state index in [9.17, 15) is 10.1 Å². The van der Waals surface area contributed by atoms with Crippen LogP contribution in [0.2, 0.25) is 0 Å². The van der Waals surface area contributed by atoms with Crippen LogP contribution in [0.4, 0.5) is 0 Å². The minimum absolute atomic E-state index is 0.0430. The molecule has 1 amide bonds. The SMILES string of the molecule is CC(C)NC(=O)/C(C#N)=C\c1cc(Br)c(OCc2ccc3ccccc3c2)c(Br)c1. The van der Waals surface area contributed by atoms with Crippen molar-refractivity contribution in [3.63, 3.8) is 0 Å². The minimum Gasteiger partial charge on any atom is -0.487 e. The number of nitrogens with zero attached hydrogens (tertiary/aromatic N) is 1. The Morgan fingerprint density at radius 3 is 2.40 bits per heavy atom. The van der Waals surface area contributed by atoms with Crippen LogP contribution in [0.5, 0.6) is 5.75 Å². The molecule has 0 saturated carbocycles. The standard InChI is InChI=1S/C24H20Br2N2O2/c1-15(2)28-24(29)20(13-27)10-17-11-21(25)23(22(26)12-17)30-14-16-7-8-18-5-3-4-6-19(18)9-16/h3-12,15H,14H2,1-2H3,(H,28,29)/b20-10-. The van der Waals surface area contributed by atoms with Crippen LogP contribution in [-0.2, 0) is 11.4 Å². The number of hydrogen-bond acceptors (Lipinski definition) is 3. The first-order valence-electron chi connectivity index (χ1n) is 9.39. The van der Waals surface area contributed by atoms with E-state index < -0.39 is 5.91 Å². The summed E-state index contributed by atoms with van der Waals surface area (Å²) in [5.74, 6) is 0.266. The lowest BCUT2D eigenvalue weighted by atomic mass is 10.1. The summed E-state index contributed by atoms with van der Waals surface area (Å²) in [6, 6.07) is 20.0. The fourth-order valence-electron chi connectivity index (χ4n) is 2.94. The molecular weight excluding hydrogens is 508 g/mol. The Balaban J connectivity index is 1.79. The van der Waals surface area contributed by atoms with Crippen LogP contribution in [0.25, 0.3) is 16.8 Å². The van der Waals surface area contributed by atoms with Crippen LogP contribution in [0.15, 0.2) is 69.1 Å². The van der Waals surface area contributed by atoms with Gasteiger partial charge in [0.25, 0.3) is 5.91 Å². The fraction of sp³-hybridized carbons (Fsp3) is 0.167. The number of carbonyl (C=O) groups excluding carboxylic acids is 1. The second-order valence-corrected chi connectivity index (χ2v) is 8.79. The Labute approximate surface area is 192 Å². The predicted octanol–water partition coefficient (Wildman–Crippen LogP) is 6.38. The van der Waals surface area contributed by atoms with Gasteiger partial charge in [0.1, 0.15) is 24.0 Å². The molecule has 0 atom stereocenters. The summed E-state index contributed by atoms with van der Waals surface area (Å²) in [5, 5.41) is 14.4. The molecule has 30 heavy (non-hydrogen) atoms. The van der Waals surface area contributed by atoms with Gasteiger partial charge >= 0.3 is 0 Å². The van der Waals surface area contributed by atoms with Gasteiger partial charge in [0.2, 0.25) is 0 Å². The van der Waals surface area contributed by atoms with Crippen molar-refractivity contribution >= 4 is 54.6 Å². The van der Waals surface area contributed by atoms with E-state index in [0.717, 1.165) is 14.5 Å². The van der Waals surface area contributed by atoms with Gasteiger partial charge in [-0.05, 0) is 91.9 Å². The summed E-state index contributed by atoms with van der Waals surface area (Å²) in [6.45, 7) is 4.11. The van der Waals surface area contributed by atoms with Gasteiger partial charge in [-0.3, -0.25) is 4.79 Å². The van der Waals surface area contributed by atoms with Crippen LogP contribution in [0, 0.1) is 11.3 Å². The number of nitriles is 1. The fourth-order valence-corrected chi connectivity index (χ4v) is 4.39. The van der Waals surface area contributed by atoms with E-state index in [4.69, 9.17) is 4.74 Å². The third kappa shape index (κ3) is 5.50. The number of hydrogen-bond donors (Lipinski definition) is 1. The largest absolute Gasteiger partial charge is 0.487 e. The number of nitrogens with one attached hydrogen (secondary N) is 1. The highest BCUT2D eigenvalue weighted by Crippen LogP contribution is 2.36. The molecule has 0 unspecified atom stereocenters. The first-order chi connectivity index (χ1) is 14.4. The Morgan fingerprint density at radius 2 is 1.77 bits per heavy atom. The topological polar surface area (TPSA) is 62.1 Å². The Bertz CT molecular complexity index is 1140. The van der Waals surface area contributed by atoms with Gasteiger partial charge in [-0.25, -0.2) is 0 Å².